The number of carbonyl (C=O) groups excluding carboxylic acids is 1. The third-order valence-corrected chi connectivity index (χ3v) is 2.03. The number of carbonyl (C=O) groups is 1. The van der Waals surface area contributed by atoms with Gasteiger partial charge in [-0.3, -0.25) is 4.79 Å². The molecule has 1 unspecified atom stereocenters. The Morgan fingerprint density at radius 3 is 2.64 bits per heavy atom. The first-order valence-electron chi connectivity index (χ1n) is 3.83. The molecule has 0 bridgehead atoms. The second-order valence-electron chi connectivity index (χ2n) is 3.11. The van der Waals surface area contributed by atoms with E-state index in [1.54, 1.807) is 6.92 Å². The first-order chi connectivity index (χ1) is 5.09. The SMILES string of the molecule is CC(NC1CC(O)C1)C(N)=O. The second-order valence-corrected chi connectivity index (χ2v) is 3.11. The molecule has 0 aromatic rings. The monoisotopic (exact) mass is 158 g/mol. The molecule has 0 saturated heterocycles. The Kier molecular flexibility index (Phi) is 2.46. The lowest BCUT2D eigenvalue weighted by atomic mass is 9.89. The Labute approximate surface area is 65.8 Å². The molecule has 1 fully saturated rings. The van der Waals surface area contributed by atoms with Crippen LogP contribution in [-0.4, -0.2) is 29.2 Å². The van der Waals surface area contributed by atoms with Crippen LogP contribution >= 0.6 is 0 Å². The molecule has 4 nitrogen and oxygen atoms in total. The van der Waals surface area contributed by atoms with Gasteiger partial charge in [-0.2, -0.15) is 0 Å². The fraction of sp³-hybridized carbons (Fsp3) is 0.857. The summed E-state index contributed by atoms with van der Waals surface area (Å²) < 4.78 is 0. The van der Waals surface area contributed by atoms with Gasteiger partial charge in [0.1, 0.15) is 0 Å². The molecule has 1 atom stereocenters. The van der Waals surface area contributed by atoms with E-state index in [0.717, 1.165) is 12.8 Å². The molecule has 0 radical (unpaired) electrons. The molecule has 0 heterocycles. The van der Waals surface area contributed by atoms with Crippen LogP contribution in [0.4, 0.5) is 0 Å². The number of nitrogens with one attached hydrogen (secondary N) is 1. The van der Waals surface area contributed by atoms with E-state index in [1.165, 1.54) is 0 Å². The van der Waals surface area contributed by atoms with Crippen LogP contribution in [0, 0.1) is 0 Å². The average Bonchev–Trinajstić information content (AvgIpc) is 1.84. The second kappa shape index (κ2) is 3.19. The van der Waals surface area contributed by atoms with Crippen LogP contribution < -0.4 is 11.1 Å². The summed E-state index contributed by atoms with van der Waals surface area (Å²) in [6, 6.07) is -0.0139. The average molecular weight is 158 g/mol. The number of hydrogen-bond acceptors (Lipinski definition) is 3. The van der Waals surface area contributed by atoms with Gasteiger partial charge in [-0.1, -0.05) is 0 Å². The highest BCUT2D eigenvalue weighted by Gasteiger charge is 2.28. The lowest BCUT2D eigenvalue weighted by Gasteiger charge is -2.33. The van der Waals surface area contributed by atoms with Gasteiger partial charge in [-0.05, 0) is 19.8 Å². The zero-order valence-electron chi connectivity index (χ0n) is 6.58. The normalized spacial score (nSPS) is 32.5. The van der Waals surface area contributed by atoms with Crippen LogP contribution in [0.25, 0.3) is 0 Å². The van der Waals surface area contributed by atoms with Crippen molar-refractivity contribution in [1.29, 1.82) is 0 Å². The molecule has 0 aliphatic heterocycles. The highest BCUT2D eigenvalue weighted by atomic mass is 16.3. The molecule has 1 aliphatic rings. The first kappa shape index (κ1) is 8.49. The molecule has 11 heavy (non-hydrogen) atoms. The van der Waals surface area contributed by atoms with Crippen LogP contribution in [-0.2, 0) is 4.79 Å². The van der Waals surface area contributed by atoms with Gasteiger partial charge in [0.25, 0.3) is 0 Å². The van der Waals surface area contributed by atoms with Crippen LogP contribution in [0.3, 0.4) is 0 Å². The molecule has 4 heteroatoms. The molecule has 64 valence electrons. The number of primary amides is 1. The molecular formula is C7H14N2O2. The lowest BCUT2D eigenvalue weighted by molar-refractivity contribution is -0.120. The summed E-state index contributed by atoms with van der Waals surface area (Å²) >= 11 is 0. The van der Waals surface area contributed by atoms with Crippen molar-refractivity contribution < 1.29 is 9.90 Å². The largest absolute Gasteiger partial charge is 0.393 e. The van der Waals surface area contributed by atoms with Crippen LogP contribution in [0.5, 0.6) is 0 Å². The van der Waals surface area contributed by atoms with E-state index < -0.39 is 0 Å². The van der Waals surface area contributed by atoms with E-state index in [-0.39, 0.29) is 24.1 Å². The maximum absolute atomic E-state index is 10.6. The Hall–Kier alpha value is -0.610. The van der Waals surface area contributed by atoms with Crippen molar-refractivity contribution in [2.75, 3.05) is 0 Å². The van der Waals surface area contributed by atoms with Gasteiger partial charge in [0.05, 0.1) is 12.1 Å². The maximum Gasteiger partial charge on any atom is 0.234 e. The summed E-state index contributed by atoms with van der Waals surface area (Å²) in [4.78, 5) is 10.6. The summed E-state index contributed by atoms with van der Waals surface area (Å²) in [5.41, 5.74) is 5.03. The van der Waals surface area contributed by atoms with Crippen molar-refractivity contribution in [2.24, 2.45) is 5.73 Å². The molecule has 1 amide bonds. The molecule has 1 rings (SSSR count). The van der Waals surface area contributed by atoms with Gasteiger partial charge in [0.2, 0.25) is 5.91 Å². The van der Waals surface area contributed by atoms with Crippen LogP contribution in [0.2, 0.25) is 0 Å². The minimum atomic E-state index is -0.341. The van der Waals surface area contributed by atoms with Crippen molar-refractivity contribution in [3.63, 3.8) is 0 Å². The van der Waals surface area contributed by atoms with Crippen molar-refractivity contribution in [2.45, 2.75) is 38.0 Å². The van der Waals surface area contributed by atoms with Gasteiger partial charge < -0.3 is 16.2 Å². The minimum absolute atomic E-state index is 0.187. The zero-order valence-corrected chi connectivity index (χ0v) is 6.58. The molecule has 0 aromatic carbocycles. The number of nitrogens with two attached hydrogens (primary N) is 1. The van der Waals surface area contributed by atoms with Gasteiger partial charge in [-0.15, -0.1) is 0 Å². The fourth-order valence-electron chi connectivity index (χ4n) is 1.16. The van der Waals surface area contributed by atoms with Crippen molar-refractivity contribution in [1.82, 2.24) is 5.32 Å². The lowest BCUT2D eigenvalue weighted by Crippen LogP contribution is -2.51. The van der Waals surface area contributed by atoms with Gasteiger partial charge >= 0.3 is 0 Å². The fourth-order valence-corrected chi connectivity index (χ4v) is 1.16. The first-order valence-corrected chi connectivity index (χ1v) is 3.83. The summed E-state index contributed by atoms with van der Waals surface area (Å²) in [7, 11) is 0. The molecule has 4 N–H and O–H groups in total. The quantitative estimate of drug-likeness (QED) is 0.491. The number of rotatable bonds is 3. The van der Waals surface area contributed by atoms with Crippen molar-refractivity contribution in [3.05, 3.63) is 0 Å². The predicted molar refractivity (Wildman–Crippen MR) is 40.8 cm³/mol. The molecule has 0 spiro atoms. The highest BCUT2D eigenvalue weighted by Crippen LogP contribution is 2.19. The Morgan fingerprint density at radius 2 is 2.27 bits per heavy atom. The van der Waals surface area contributed by atoms with Gasteiger partial charge in [0, 0.05) is 6.04 Å². The van der Waals surface area contributed by atoms with Crippen LogP contribution in [0.15, 0.2) is 0 Å². The third-order valence-electron chi connectivity index (χ3n) is 2.03. The molecular weight excluding hydrogens is 144 g/mol. The van der Waals surface area contributed by atoms with E-state index in [2.05, 4.69) is 5.32 Å². The predicted octanol–water partition coefficient (Wildman–Crippen LogP) is -1.03. The molecule has 0 aromatic heterocycles. The summed E-state index contributed by atoms with van der Waals surface area (Å²) in [6.45, 7) is 1.73. The number of aliphatic hydroxyl groups excluding tert-OH is 1. The van der Waals surface area contributed by atoms with Crippen molar-refractivity contribution >= 4 is 5.91 Å². The maximum atomic E-state index is 10.6. The number of aliphatic hydroxyl groups is 1. The Bertz CT molecular complexity index is 155. The highest BCUT2D eigenvalue weighted by molar-refractivity contribution is 5.79. The minimum Gasteiger partial charge on any atom is -0.393 e. The topological polar surface area (TPSA) is 75.3 Å². The van der Waals surface area contributed by atoms with E-state index in [4.69, 9.17) is 10.8 Å². The van der Waals surface area contributed by atoms with Crippen LogP contribution in [0.1, 0.15) is 19.8 Å². The van der Waals surface area contributed by atoms with Crippen molar-refractivity contribution in [3.8, 4) is 0 Å². The Balaban J connectivity index is 2.16. The summed E-state index contributed by atoms with van der Waals surface area (Å²) in [6.07, 6.45) is 1.28. The van der Waals surface area contributed by atoms with E-state index in [0.29, 0.717) is 0 Å². The van der Waals surface area contributed by atoms with Gasteiger partial charge in [-0.25, -0.2) is 0 Å². The zero-order chi connectivity index (χ0) is 8.43. The standard InChI is InChI=1S/C7H14N2O2/c1-4(7(8)11)9-5-2-6(10)3-5/h4-6,9-10H,2-3H2,1H3,(H2,8,11). The summed E-state index contributed by atoms with van der Waals surface area (Å²) in [5.74, 6) is -0.341. The van der Waals surface area contributed by atoms with Gasteiger partial charge in [0.15, 0.2) is 0 Å². The molecule has 1 saturated carbocycles. The number of amides is 1. The third kappa shape index (κ3) is 2.17. The Morgan fingerprint density at radius 1 is 1.73 bits per heavy atom. The van der Waals surface area contributed by atoms with E-state index in [9.17, 15) is 4.79 Å². The van der Waals surface area contributed by atoms with E-state index in [1.807, 2.05) is 0 Å². The molecule has 1 aliphatic carbocycles. The number of hydrogen-bond donors (Lipinski definition) is 3. The smallest absolute Gasteiger partial charge is 0.234 e. The summed E-state index contributed by atoms with van der Waals surface area (Å²) in [5, 5.41) is 11.9. The van der Waals surface area contributed by atoms with E-state index >= 15 is 0 Å².